The van der Waals surface area contributed by atoms with Crippen LogP contribution in [-0.4, -0.2) is 15.0 Å². The quantitative estimate of drug-likeness (QED) is 0.738. The Hall–Kier alpha value is -1.80. The highest BCUT2D eigenvalue weighted by molar-refractivity contribution is 9.10. The Morgan fingerprint density at radius 3 is 2.60 bits per heavy atom. The lowest BCUT2D eigenvalue weighted by Crippen LogP contribution is -1.89. The third-order valence-electron chi connectivity index (χ3n) is 1.78. The van der Waals surface area contributed by atoms with Crippen LogP contribution in [0.5, 0.6) is 0 Å². The third kappa shape index (κ3) is 2.17. The molecule has 0 radical (unpaired) electrons. The second-order valence-electron chi connectivity index (χ2n) is 2.75. The minimum absolute atomic E-state index is 0.520. The van der Waals surface area contributed by atoms with Crippen molar-refractivity contribution in [3.63, 3.8) is 0 Å². The SMILES string of the molecule is N#Cc1ccc(-c2ccnc(Br)n2)nc1. The van der Waals surface area contributed by atoms with Gasteiger partial charge < -0.3 is 0 Å². The normalized spacial score (nSPS) is 9.60. The van der Waals surface area contributed by atoms with Crippen LogP contribution in [0.15, 0.2) is 35.3 Å². The maximum absolute atomic E-state index is 8.62. The Bertz CT molecular complexity index is 516. The molecule has 0 saturated heterocycles. The van der Waals surface area contributed by atoms with Gasteiger partial charge in [0.25, 0.3) is 0 Å². The van der Waals surface area contributed by atoms with Crippen LogP contribution in [0.1, 0.15) is 5.56 Å². The van der Waals surface area contributed by atoms with Crippen molar-refractivity contribution in [1.29, 1.82) is 5.26 Å². The molecule has 0 bridgehead atoms. The number of pyridine rings is 1. The lowest BCUT2D eigenvalue weighted by atomic mass is 10.2. The average molecular weight is 261 g/mol. The highest BCUT2D eigenvalue weighted by Gasteiger charge is 2.01. The summed E-state index contributed by atoms with van der Waals surface area (Å²) in [6.45, 7) is 0. The Kier molecular flexibility index (Phi) is 2.70. The Morgan fingerprint density at radius 1 is 1.13 bits per heavy atom. The van der Waals surface area contributed by atoms with Gasteiger partial charge in [0.15, 0.2) is 4.73 Å². The van der Waals surface area contributed by atoms with Gasteiger partial charge in [-0.2, -0.15) is 5.26 Å². The molecule has 4 nitrogen and oxygen atoms in total. The fraction of sp³-hybridized carbons (Fsp3) is 0. The highest BCUT2D eigenvalue weighted by Crippen LogP contribution is 2.15. The van der Waals surface area contributed by atoms with Crippen LogP contribution in [0.25, 0.3) is 11.4 Å². The van der Waals surface area contributed by atoms with E-state index in [1.165, 1.54) is 6.20 Å². The van der Waals surface area contributed by atoms with Crippen LogP contribution >= 0.6 is 15.9 Å². The van der Waals surface area contributed by atoms with E-state index in [-0.39, 0.29) is 0 Å². The molecule has 2 rings (SSSR count). The number of halogens is 1. The van der Waals surface area contributed by atoms with Crippen molar-refractivity contribution in [2.75, 3.05) is 0 Å². The van der Waals surface area contributed by atoms with Crippen molar-refractivity contribution in [3.05, 3.63) is 40.9 Å². The molecular weight excluding hydrogens is 256 g/mol. The van der Waals surface area contributed by atoms with Crippen molar-refractivity contribution in [3.8, 4) is 17.5 Å². The molecule has 0 amide bonds. The van der Waals surface area contributed by atoms with Crippen molar-refractivity contribution < 1.29 is 0 Å². The second-order valence-corrected chi connectivity index (χ2v) is 3.46. The molecule has 0 aliphatic heterocycles. The lowest BCUT2D eigenvalue weighted by molar-refractivity contribution is 1.10. The van der Waals surface area contributed by atoms with E-state index in [2.05, 4.69) is 30.9 Å². The van der Waals surface area contributed by atoms with E-state index in [4.69, 9.17) is 5.26 Å². The van der Waals surface area contributed by atoms with Crippen molar-refractivity contribution in [1.82, 2.24) is 15.0 Å². The van der Waals surface area contributed by atoms with E-state index in [9.17, 15) is 0 Å². The van der Waals surface area contributed by atoms with Gasteiger partial charge >= 0.3 is 0 Å². The van der Waals surface area contributed by atoms with E-state index in [0.717, 1.165) is 11.4 Å². The zero-order valence-electron chi connectivity index (χ0n) is 7.55. The number of nitrogens with zero attached hydrogens (tertiary/aromatic N) is 4. The molecule has 15 heavy (non-hydrogen) atoms. The summed E-state index contributed by atoms with van der Waals surface area (Å²) in [5.74, 6) is 0. The van der Waals surface area contributed by atoms with Gasteiger partial charge in [-0.25, -0.2) is 9.97 Å². The molecule has 0 saturated carbocycles. The van der Waals surface area contributed by atoms with Gasteiger partial charge in [0.05, 0.1) is 17.0 Å². The third-order valence-corrected chi connectivity index (χ3v) is 2.16. The molecule has 72 valence electrons. The van der Waals surface area contributed by atoms with Gasteiger partial charge in [-0.15, -0.1) is 0 Å². The van der Waals surface area contributed by atoms with E-state index in [0.29, 0.717) is 10.3 Å². The Balaban J connectivity index is 2.42. The molecular formula is C10H5BrN4. The van der Waals surface area contributed by atoms with E-state index >= 15 is 0 Å². The molecule has 5 heteroatoms. The van der Waals surface area contributed by atoms with Gasteiger partial charge in [-0.05, 0) is 34.1 Å². The molecule has 0 aromatic carbocycles. The summed E-state index contributed by atoms with van der Waals surface area (Å²) in [7, 11) is 0. The van der Waals surface area contributed by atoms with Crippen LogP contribution in [0.3, 0.4) is 0 Å². The molecule has 0 aliphatic carbocycles. The first-order valence-corrected chi connectivity index (χ1v) is 4.94. The minimum atomic E-state index is 0.520. The van der Waals surface area contributed by atoms with Crippen LogP contribution < -0.4 is 0 Å². The van der Waals surface area contributed by atoms with E-state index in [1.807, 2.05) is 6.07 Å². The predicted molar refractivity (Wildman–Crippen MR) is 57.7 cm³/mol. The molecule has 0 unspecified atom stereocenters. The topological polar surface area (TPSA) is 62.5 Å². The number of nitriles is 1. The largest absolute Gasteiger partial charge is 0.253 e. The fourth-order valence-electron chi connectivity index (χ4n) is 1.09. The summed E-state index contributed by atoms with van der Waals surface area (Å²) in [4.78, 5) is 12.2. The van der Waals surface area contributed by atoms with Crippen molar-refractivity contribution >= 4 is 15.9 Å². The monoisotopic (exact) mass is 260 g/mol. The molecule has 2 aromatic rings. The van der Waals surface area contributed by atoms with Gasteiger partial charge in [0.2, 0.25) is 0 Å². The summed E-state index contributed by atoms with van der Waals surface area (Å²) >= 11 is 3.19. The zero-order valence-corrected chi connectivity index (χ0v) is 9.14. The first-order chi connectivity index (χ1) is 7.29. The first-order valence-electron chi connectivity index (χ1n) is 4.14. The second kappa shape index (κ2) is 4.15. The summed E-state index contributed by atoms with van der Waals surface area (Å²) < 4.78 is 0.520. The Labute approximate surface area is 94.8 Å². The van der Waals surface area contributed by atoms with Gasteiger partial charge in [-0.3, -0.25) is 4.98 Å². The van der Waals surface area contributed by atoms with Crippen LogP contribution in [0.4, 0.5) is 0 Å². The van der Waals surface area contributed by atoms with Crippen molar-refractivity contribution in [2.24, 2.45) is 0 Å². The number of aromatic nitrogens is 3. The summed E-state index contributed by atoms with van der Waals surface area (Å²) in [5, 5.41) is 8.62. The van der Waals surface area contributed by atoms with Gasteiger partial charge in [-0.1, -0.05) is 0 Å². The molecule has 0 fully saturated rings. The van der Waals surface area contributed by atoms with Crippen molar-refractivity contribution in [2.45, 2.75) is 0 Å². The standard InChI is InChI=1S/C10H5BrN4/c11-10-13-4-3-9(15-10)8-2-1-7(5-12)6-14-8/h1-4,6H. The lowest BCUT2D eigenvalue weighted by Gasteiger charge is -1.99. The highest BCUT2D eigenvalue weighted by atomic mass is 79.9. The fourth-order valence-corrected chi connectivity index (χ4v) is 1.40. The maximum atomic E-state index is 8.62. The number of hydrogen-bond donors (Lipinski definition) is 0. The predicted octanol–water partition coefficient (Wildman–Crippen LogP) is 2.17. The van der Waals surface area contributed by atoms with Crippen LogP contribution in [0.2, 0.25) is 0 Å². The molecule has 2 aromatic heterocycles. The summed E-state index contributed by atoms with van der Waals surface area (Å²) in [6.07, 6.45) is 3.16. The molecule has 0 spiro atoms. The van der Waals surface area contributed by atoms with Gasteiger partial charge in [0.1, 0.15) is 6.07 Å². The molecule has 2 heterocycles. The number of hydrogen-bond acceptors (Lipinski definition) is 4. The molecule has 0 N–H and O–H groups in total. The minimum Gasteiger partial charge on any atom is -0.253 e. The summed E-state index contributed by atoms with van der Waals surface area (Å²) in [5.41, 5.74) is 1.98. The van der Waals surface area contributed by atoms with Gasteiger partial charge in [0, 0.05) is 12.4 Å². The average Bonchev–Trinajstić information content (AvgIpc) is 2.29. The molecule has 0 aliphatic rings. The van der Waals surface area contributed by atoms with Crippen LogP contribution in [-0.2, 0) is 0 Å². The van der Waals surface area contributed by atoms with E-state index in [1.54, 1.807) is 24.4 Å². The van der Waals surface area contributed by atoms with E-state index < -0.39 is 0 Å². The Morgan fingerprint density at radius 2 is 2.00 bits per heavy atom. The molecule has 0 atom stereocenters. The number of rotatable bonds is 1. The van der Waals surface area contributed by atoms with Crippen LogP contribution in [0, 0.1) is 11.3 Å². The maximum Gasteiger partial charge on any atom is 0.197 e. The smallest absolute Gasteiger partial charge is 0.197 e. The first kappa shape index (κ1) is 9.74. The summed E-state index contributed by atoms with van der Waals surface area (Å²) in [6, 6.07) is 7.24. The zero-order chi connectivity index (χ0) is 10.7.